The van der Waals surface area contributed by atoms with Gasteiger partial charge < -0.3 is 9.84 Å². The molecule has 0 spiro atoms. The number of aromatic nitrogens is 2. The van der Waals surface area contributed by atoms with Gasteiger partial charge in [-0.2, -0.15) is 4.98 Å². The van der Waals surface area contributed by atoms with Crippen molar-refractivity contribution in [1.82, 2.24) is 20.4 Å². The van der Waals surface area contributed by atoms with E-state index < -0.39 is 6.04 Å². The second kappa shape index (κ2) is 9.15. The molecule has 2 amide bonds. The highest BCUT2D eigenvalue weighted by Crippen LogP contribution is 2.38. The highest BCUT2D eigenvalue weighted by molar-refractivity contribution is 6.30. The summed E-state index contributed by atoms with van der Waals surface area (Å²) in [4.78, 5) is 19.6. The van der Waals surface area contributed by atoms with Gasteiger partial charge in [-0.1, -0.05) is 89.1 Å². The van der Waals surface area contributed by atoms with Crippen LogP contribution in [0, 0.1) is 6.92 Å². The molecule has 34 heavy (non-hydrogen) atoms. The number of aryl methyl sites for hydroxylation is 1. The van der Waals surface area contributed by atoms with E-state index in [0.717, 1.165) is 33.5 Å². The summed E-state index contributed by atoms with van der Waals surface area (Å²) in [6, 6.07) is 24.5. The normalized spacial score (nSPS) is 16.0. The molecule has 1 aliphatic rings. The quantitative estimate of drug-likeness (QED) is 0.366. The van der Waals surface area contributed by atoms with Gasteiger partial charge in [0.2, 0.25) is 5.82 Å². The number of rotatable bonds is 5. The standard InChI is InChI=1S/C27H23ClN4O2/c1-17-7-6-8-19(15-17)16-32-18(2)23(24(29-27(32)33)20-11-13-22(28)14-12-20)26-30-25(31-34-26)21-9-4-3-5-10-21/h3-15,24H,16H2,1-2H3,(H,29,33). The highest BCUT2D eigenvalue weighted by Gasteiger charge is 2.35. The maximum absolute atomic E-state index is 13.2. The van der Waals surface area contributed by atoms with E-state index in [4.69, 9.17) is 16.1 Å². The van der Waals surface area contributed by atoms with Crippen LogP contribution in [0.5, 0.6) is 0 Å². The number of amides is 2. The zero-order chi connectivity index (χ0) is 23.7. The first kappa shape index (κ1) is 21.9. The molecule has 4 aromatic rings. The Labute approximate surface area is 202 Å². The fourth-order valence-corrected chi connectivity index (χ4v) is 4.31. The Morgan fingerprint density at radius 1 is 1.00 bits per heavy atom. The van der Waals surface area contributed by atoms with Gasteiger partial charge in [-0.15, -0.1) is 0 Å². The Morgan fingerprint density at radius 3 is 2.50 bits per heavy atom. The number of carbonyl (C=O) groups excluding carboxylic acids is 1. The molecule has 1 atom stereocenters. The zero-order valence-electron chi connectivity index (χ0n) is 18.8. The van der Waals surface area contributed by atoms with Crippen LogP contribution in [0.2, 0.25) is 5.02 Å². The van der Waals surface area contributed by atoms with E-state index in [1.807, 2.05) is 74.5 Å². The van der Waals surface area contributed by atoms with Gasteiger partial charge in [-0.25, -0.2) is 4.79 Å². The van der Waals surface area contributed by atoms with Crippen molar-refractivity contribution in [2.45, 2.75) is 26.4 Å². The molecule has 3 aromatic carbocycles. The number of benzene rings is 3. The SMILES string of the molecule is CC1=C(c2nc(-c3ccccc3)no2)C(c2ccc(Cl)cc2)NC(=O)N1Cc1cccc(C)c1. The maximum atomic E-state index is 13.2. The van der Waals surface area contributed by atoms with Crippen LogP contribution in [0.1, 0.15) is 35.5 Å². The summed E-state index contributed by atoms with van der Waals surface area (Å²) in [7, 11) is 0. The van der Waals surface area contributed by atoms with E-state index in [0.29, 0.717) is 23.3 Å². The van der Waals surface area contributed by atoms with Gasteiger partial charge in [0, 0.05) is 16.3 Å². The zero-order valence-corrected chi connectivity index (χ0v) is 19.6. The molecular weight excluding hydrogens is 448 g/mol. The lowest BCUT2D eigenvalue weighted by Crippen LogP contribution is -2.45. The van der Waals surface area contributed by atoms with E-state index in [9.17, 15) is 4.79 Å². The number of urea groups is 1. The first-order chi connectivity index (χ1) is 16.5. The lowest BCUT2D eigenvalue weighted by molar-refractivity contribution is 0.203. The third kappa shape index (κ3) is 4.32. The molecule has 0 saturated heterocycles. The number of allylic oxidation sites excluding steroid dienone is 1. The Balaban J connectivity index is 1.60. The highest BCUT2D eigenvalue weighted by atomic mass is 35.5. The number of halogens is 1. The second-order valence-corrected chi connectivity index (χ2v) is 8.73. The average Bonchev–Trinajstić information content (AvgIpc) is 3.32. The van der Waals surface area contributed by atoms with Crippen molar-refractivity contribution in [3.63, 3.8) is 0 Å². The maximum Gasteiger partial charge on any atom is 0.322 e. The van der Waals surface area contributed by atoms with Crippen molar-refractivity contribution in [1.29, 1.82) is 0 Å². The molecule has 1 N–H and O–H groups in total. The summed E-state index contributed by atoms with van der Waals surface area (Å²) in [5.74, 6) is 0.860. The molecule has 0 saturated carbocycles. The van der Waals surface area contributed by atoms with Crippen LogP contribution in [0.15, 0.2) is 89.1 Å². The van der Waals surface area contributed by atoms with Gasteiger partial charge >= 0.3 is 6.03 Å². The fourth-order valence-electron chi connectivity index (χ4n) is 4.18. The summed E-state index contributed by atoms with van der Waals surface area (Å²) in [5, 5.41) is 7.95. The minimum Gasteiger partial charge on any atom is -0.334 e. The lowest BCUT2D eigenvalue weighted by atomic mass is 9.94. The monoisotopic (exact) mass is 470 g/mol. The van der Waals surface area contributed by atoms with Crippen molar-refractivity contribution >= 4 is 23.2 Å². The summed E-state index contributed by atoms with van der Waals surface area (Å²) in [6.45, 7) is 4.38. The molecule has 1 unspecified atom stereocenters. The topological polar surface area (TPSA) is 71.3 Å². The number of nitrogens with zero attached hydrogens (tertiary/aromatic N) is 3. The minimum atomic E-state index is -0.456. The van der Waals surface area contributed by atoms with E-state index in [-0.39, 0.29) is 6.03 Å². The first-order valence-electron chi connectivity index (χ1n) is 11.0. The summed E-state index contributed by atoms with van der Waals surface area (Å²) >= 11 is 6.11. The van der Waals surface area contributed by atoms with Crippen LogP contribution in [-0.2, 0) is 6.54 Å². The molecule has 5 rings (SSSR count). The Morgan fingerprint density at radius 2 is 1.76 bits per heavy atom. The van der Waals surface area contributed by atoms with Gasteiger partial charge in [0.25, 0.3) is 5.89 Å². The van der Waals surface area contributed by atoms with E-state index in [1.54, 1.807) is 17.0 Å². The van der Waals surface area contributed by atoms with Crippen LogP contribution in [0.4, 0.5) is 4.79 Å². The molecule has 170 valence electrons. The third-order valence-corrected chi connectivity index (χ3v) is 6.16. The van der Waals surface area contributed by atoms with E-state index in [1.165, 1.54) is 0 Å². The van der Waals surface area contributed by atoms with Gasteiger partial charge in [0.1, 0.15) is 0 Å². The molecule has 0 fully saturated rings. The third-order valence-electron chi connectivity index (χ3n) is 5.91. The van der Waals surface area contributed by atoms with Crippen LogP contribution in [-0.4, -0.2) is 21.1 Å². The molecule has 0 aliphatic carbocycles. The first-order valence-corrected chi connectivity index (χ1v) is 11.4. The Kier molecular flexibility index (Phi) is 5.90. The molecule has 1 aliphatic heterocycles. The molecule has 1 aromatic heterocycles. The molecule has 0 radical (unpaired) electrons. The molecular formula is C27H23ClN4O2. The van der Waals surface area contributed by atoms with E-state index >= 15 is 0 Å². The van der Waals surface area contributed by atoms with Crippen LogP contribution in [0.25, 0.3) is 17.0 Å². The predicted molar refractivity (Wildman–Crippen MR) is 132 cm³/mol. The van der Waals surface area contributed by atoms with Gasteiger partial charge in [-0.3, -0.25) is 4.90 Å². The molecule has 0 bridgehead atoms. The van der Waals surface area contributed by atoms with Gasteiger partial charge in [-0.05, 0) is 37.1 Å². The smallest absolute Gasteiger partial charge is 0.322 e. The van der Waals surface area contributed by atoms with Gasteiger partial charge in [0.15, 0.2) is 0 Å². The number of carbonyl (C=O) groups is 1. The fraction of sp³-hybridized carbons (Fsp3) is 0.148. The average molecular weight is 471 g/mol. The van der Waals surface area contributed by atoms with Crippen molar-refractivity contribution < 1.29 is 9.32 Å². The number of nitrogens with one attached hydrogen (secondary N) is 1. The largest absolute Gasteiger partial charge is 0.334 e. The summed E-state index contributed by atoms with van der Waals surface area (Å²) in [6.07, 6.45) is 0. The second-order valence-electron chi connectivity index (χ2n) is 8.30. The van der Waals surface area contributed by atoms with Crippen molar-refractivity contribution in [2.24, 2.45) is 0 Å². The van der Waals surface area contributed by atoms with Gasteiger partial charge in [0.05, 0.1) is 18.2 Å². The molecule has 7 heteroatoms. The van der Waals surface area contributed by atoms with Crippen LogP contribution < -0.4 is 5.32 Å². The Bertz CT molecular complexity index is 1360. The summed E-state index contributed by atoms with van der Waals surface area (Å²) in [5.41, 5.74) is 5.42. The van der Waals surface area contributed by atoms with Crippen LogP contribution >= 0.6 is 11.6 Å². The number of hydrogen-bond donors (Lipinski definition) is 1. The Hall–Kier alpha value is -3.90. The van der Waals surface area contributed by atoms with Crippen LogP contribution in [0.3, 0.4) is 0 Å². The van der Waals surface area contributed by atoms with E-state index in [2.05, 4.69) is 21.5 Å². The number of hydrogen-bond acceptors (Lipinski definition) is 4. The minimum absolute atomic E-state index is 0.189. The summed E-state index contributed by atoms with van der Waals surface area (Å²) < 4.78 is 5.73. The van der Waals surface area contributed by atoms with Crippen molar-refractivity contribution in [3.8, 4) is 11.4 Å². The molecule has 2 heterocycles. The molecule has 6 nitrogen and oxygen atoms in total. The van der Waals surface area contributed by atoms with Crippen molar-refractivity contribution in [2.75, 3.05) is 0 Å². The lowest BCUT2D eigenvalue weighted by Gasteiger charge is -2.35. The van der Waals surface area contributed by atoms with Crippen molar-refractivity contribution in [3.05, 3.63) is 112 Å². The predicted octanol–water partition coefficient (Wildman–Crippen LogP) is 6.40.